The largest absolute Gasteiger partial charge is 0.397 e. The second-order valence-corrected chi connectivity index (χ2v) is 6.45. The Labute approximate surface area is 123 Å². The molecule has 0 atom stereocenters. The number of fused-ring (bicyclic) bond motifs is 1. The van der Waals surface area contributed by atoms with Crippen molar-refractivity contribution in [3.05, 3.63) is 29.1 Å². The van der Waals surface area contributed by atoms with Crippen LogP contribution in [-0.2, 0) is 0 Å². The van der Waals surface area contributed by atoms with E-state index in [1.54, 1.807) is 0 Å². The van der Waals surface area contributed by atoms with Gasteiger partial charge in [0.05, 0.1) is 5.69 Å². The average Bonchev–Trinajstić information content (AvgIpc) is 2.76. The molecule has 2 N–H and O–H groups in total. The summed E-state index contributed by atoms with van der Waals surface area (Å²) in [6, 6.07) is 7.98. The predicted molar refractivity (Wildman–Crippen MR) is 85.2 cm³/mol. The summed E-state index contributed by atoms with van der Waals surface area (Å²) in [6.45, 7) is 1.74. The first-order valence-corrected chi connectivity index (χ1v) is 8.15. The summed E-state index contributed by atoms with van der Waals surface area (Å²) in [5, 5.41) is 1.01. The molecule has 1 aromatic carbocycles. The average molecular weight is 288 g/mol. The van der Waals surface area contributed by atoms with E-state index in [1.165, 1.54) is 30.6 Å². The van der Waals surface area contributed by atoms with Crippen molar-refractivity contribution in [2.24, 2.45) is 0 Å². The number of carbonyl (C=O) groups is 1. The first kappa shape index (κ1) is 13.4. The van der Waals surface area contributed by atoms with E-state index in [2.05, 4.69) is 0 Å². The van der Waals surface area contributed by atoms with Crippen molar-refractivity contribution in [1.82, 2.24) is 4.90 Å². The molecule has 0 spiro atoms. The van der Waals surface area contributed by atoms with Gasteiger partial charge in [0.15, 0.2) is 0 Å². The molecule has 0 saturated carbocycles. The molecular formula is C16H20N2OS. The Bertz CT molecular complexity index is 612. The Balaban J connectivity index is 1.89. The molecule has 0 unspecified atom stereocenters. The predicted octanol–water partition coefficient (Wildman–Crippen LogP) is 3.89. The molecule has 20 heavy (non-hydrogen) atoms. The van der Waals surface area contributed by atoms with Gasteiger partial charge >= 0.3 is 0 Å². The zero-order valence-electron chi connectivity index (χ0n) is 11.6. The van der Waals surface area contributed by atoms with E-state index >= 15 is 0 Å². The third-order valence-corrected chi connectivity index (χ3v) is 5.15. The summed E-state index contributed by atoms with van der Waals surface area (Å²) in [7, 11) is 0. The smallest absolute Gasteiger partial charge is 0.266 e. The van der Waals surface area contributed by atoms with Crippen molar-refractivity contribution in [2.75, 3.05) is 18.8 Å². The first-order valence-electron chi connectivity index (χ1n) is 7.33. The Kier molecular flexibility index (Phi) is 3.92. The van der Waals surface area contributed by atoms with Gasteiger partial charge in [-0.05, 0) is 18.9 Å². The molecule has 0 aliphatic carbocycles. The molecule has 2 heterocycles. The van der Waals surface area contributed by atoms with Crippen LogP contribution in [0.3, 0.4) is 0 Å². The summed E-state index contributed by atoms with van der Waals surface area (Å²) in [5.41, 5.74) is 6.83. The number of anilines is 1. The molecule has 3 rings (SSSR count). The van der Waals surface area contributed by atoms with E-state index < -0.39 is 0 Å². The van der Waals surface area contributed by atoms with E-state index in [9.17, 15) is 4.79 Å². The highest BCUT2D eigenvalue weighted by atomic mass is 32.1. The summed E-state index contributed by atoms with van der Waals surface area (Å²) < 4.78 is 1.10. The van der Waals surface area contributed by atoms with Crippen LogP contribution in [0.4, 0.5) is 5.69 Å². The van der Waals surface area contributed by atoms with Gasteiger partial charge in [-0.1, -0.05) is 37.5 Å². The van der Waals surface area contributed by atoms with E-state index in [0.717, 1.165) is 36.0 Å². The fourth-order valence-electron chi connectivity index (χ4n) is 2.82. The van der Waals surface area contributed by atoms with Crippen molar-refractivity contribution in [2.45, 2.75) is 32.1 Å². The summed E-state index contributed by atoms with van der Waals surface area (Å²) in [6.07, 6.45) is 5.97. The maximum Gasteiger partial charge on any atom is 0.266 e. The number of amides is 1. The monoisotopic (exact) mass is 288 g/mol. The molecule has 2 aromatic rings. The van der Waals surface area contributed by atoms with Gasteiger partial charge in [-0.2, -0.15) is 0 Å². The van der Waals surface area contributed by atoms with Gasteiger partial charge < -0.3 is 10.6 Å². The lowest BCUT2D eigenvalue weighted by atomic mass is 10.1. The standard InChI is InChI=1S/C16H20N2OS/c17-14-12-8-4-5-9-13(12)20-15(14)16(19)18-10-6-2-1-3-7-11-18/h4-5,8-9H,1-3,6-7,10-11,17H2. The fourth-order valence-corrected chi connectivity index (χ4v) is 3.91. The minimum absolute atomic E-state index is 0.116. The van der Waals surface area contributed by atoms with Crippen molar-refractivity contribution in [3.63, 3.8) is 0 Å². The Morgan fingerprint density at radius 3 is 2.40 bits per heavy atom. The van der Waals surface area contributed by atoms with E-state index in [0.29, 0.717) is 10.6 Å². The molecule has 3 nitrogen and oxygen atoms in total. The quantitative estimate of drug-likeness (QED) is 0.865. The van der Waals surface area contributed by atoms with Crippen molar-refractivity contribution < 1.29 is 4.79 Å². The van der Waals surface area contributed by atoms with Crippen molar-refractivity contribution in [1.29, 1.82) is 0 Å². The SMILES string of the molecule is Nc1c(C(=O)N2CCCCCCC2)sc2ccccc12. The number of carbonyl (C=O) groups excluding carboxylic acids is 1. The van der Waals surface area contributed by atoms with Crippen LogP contribution in [0, 0.1) is 0 Å². The van der Waals surface area contributed by atoms with Crippen LogP contribution in [0.1, 0.15) is 41.8 Å². The maximum atomic E-state index is 12.7. The molecule has 1 saturated heterocycles. The van der Waals surface area contributed by atoms with Gasteiger partial charge in [0.1, 0.15) is 4.88 Å². The number of nitrogens with zero attached hydrogens (tertiary/aromatic N) is 1. The van der Waals surface area contributed by atoms with Gasteiger partial charge in [-0.3, -0.25) is 4.79 Å². The van der Waals surface area contributed by atoms with Gasteiger partial charge in [-0.25, -0.2) is 0 Å². The third-order valence-electron chi connectivity index (χ3n) is 3.97. The highest BCUT2D eigenvalue weighted by Gasteiger charge is 2.22. The number of hydrogen-bond donors (Lipinski definition) is 1. The van der Waals surface area contributed by atoms with Crippen LogP contribution in [0.25, 0.3) is 10.1 Å². The number of likely N-dealkylation sites (tertiary alicyclic amines) is 1. The highest BCUT2D eigenvalue weighted by molar-refractivity contribution is 7.21. The number of rotatable bonds is 1. The van der Waals surface area contributed by atoms with E-state index in [-0.39, 0.29) is 5.91 Å². The van der Waals surface area contributed by atoms with Crippen LogP contribution >= 0.6 is 11.3 Å². The molecule has 1 amide bonds. The van der Waals surface area contributed by atoms with Crippen LogP contribution in [0.15, 0.2) is 24.3 Å². The second kappa shape index (κ2) is 5.83. The Morgan fingerprint density at radius 2 is 1.70 bits per heavy atom. The number of thiophene rings is 1. The number of benzene rings is 1. The zero-order chi connectivity index (χ0) is 13.9. The van der Waals surface area contributed by atoms with Gasteiger partial charge in [-0.15, -0.1) is 11.3 Å². The molecule has 1 aliphatic heterocycles. The highest BCUT2D eigenvalue weighted by Crippen LogP contribution is 2.34. The van der Waals surface area contributed by atoms with Gasteiger partial charge in [0, 0.05) is 23.2 Å². The van der Waals surface area contributed by atoms with Crippen molar-refractivity contribution >= 4 is 33.0 Å². The van der Waals surface area contributed by atoms with Crippen molar-refractivity contribution in [3.8, 4) is 0 Å². The number of nitrogen functional groups attached to an aromatic ring is 1. The molecule has 4 heteroatoms. The molecular weight excluding hydrogens is 268 g/mol. The molecule has 1 fully saturated rings. The minimum atomic E-state index is 0.116. The van der Waals surface area contributed by atoms with Crippen LogP contribution in [0.2, 0.25) is 0 Å². The summed E-state index contributed by atoms with van der Waals surface area (Å²) in [5.74, 6) is 0.116. The zero-order valence-corrected chi connectivity index (χ0v) is 12.4. The van der Waals surface area contributed by atoms with Gasteiger partial charge in [0.2, 0.25) is 0 Å². The molecule has 1 aromatic heterocycles. The molecule has 0 bridgehead atoms. The molecule has 1 aliphatic rings. The lowest BCUT2D eigenvalue weighted by Crippen LogP contribution is -2.33. The van der Waals surface area contributed by atoms with Crippen LogP contribution in [0.5, 0.6) is 0 Å². The van der Waals surface area contributed by atoms with Crippen LogP contribution < -0.4 is 5.73 Å². The maximum absolute atomic E-state index is 12.7. The summed E-state index contributed by atoms with van der Waals surface area (Å²) in [4.78, 5) is 15.4. The minimum Gasteiger partial charge on any atom is -0.397 e. The van der Waals surface area contributed by atoms with Crippen LogP contribution in [-0.4, -0.2) is 23.9 Å². The Hall–Kier alpha value is -1.55. The molecule has 106 valence electrons. The molecule has 0 radical (unpaired) electrons. The summed E-state index contributed by atoms with van der Waals surface area (Å²) >= 11 is 1.52. The lowest BCUT2D eigenvalue weighted by Gasteiger charge is -2.24. The number of nitrogens with two attached hydrogens (primary N) is 1. The lowest BCUT2D eigenvalue weighted by molar-refractivity contribution is 0.0748. The second-order valence-electron chi connectivity index (χ2n) is 5.40. The Morgan fingerprint density at radius 1 is 1.05 bits per heavy atom. The first-order chi connectivity index (χ1) is 9.77. The van der Waals surface area contributed by atoms with E-state index in [1.807, 2.05) is 29.2 Å². The third kappa shape index (κ3) is 2.52. The normalized spacial score (nSPS) is 16.9. The van der Waals surface area contributed by atoms with Gasteiger partial charge in [0.25, 0.3) is 5.91 Å². The fraction of sp³-hybridized carbons (Fsp3) is 0.438. The van der Waals surface area contributed by atoms with E-state index in [4.69, 9.17) is 5.73 Å². The number of hydrogen-bond acceptors (Lipinski definition) is 3. The topological polar surface area (TPSA) is 46.3 Å².